The van der Waals surface area contributed by atoms with Gasteiger partial charge in [-0.05, 0) is 74.1 Å². The van der Waals surface area contributed by atoms with Crippen LogP contribution in [0.4, 0.5) is 0 Å². The first kappa shape index (κ1) is 26.0. The second kappa shape index (κ2) is 11.1. The third-order valence-electron chi connectivity index (χ3n) is 7.32. The summed E-state index contributed by atoms with van der Waals surface area (Å²) in [6.45, 7) is 10.4. The quantitative estimate of drug-likeness (QED) is 0.459. The van der Waals surface area contributed by atoms with Crippen LogP contribution in [0.2, 0.25) is 18.1 Å². The molecule has 0 radical (unpaired) electrons. The summed E-state index contributed by atoms with van der Waals surface area (Å²) in [5.74, 6) is -0.438. The maximum absolute atomic E-state index is 12.5. The van der Waals surface area contributed by atoms with Crippen molar-refractivity contribution in [3.63, 3.8) is 0 Å². The lowest BCUT2D eigenvalue weighted by Gasteiger charge is -2.35. The number of carbonyl (C=O) groups excluding carboxylic acids is 1. The van der Waals surface area contributed by atoms with E-state index in [0.717, 1.165) is 6.42 Å². The smallest absolute Gasteiger partial charge is 0.292 e. The number of aryl methyl sites for hydroxylation is 1. The van der Waals surface area contributed by atoms with Crippen molar-refractivity contribution in [3.05, 3.63) is 35.9 Å². The zero-order chi connectivity index (χ0) is 23.2. The molecule has 6 heteroatoms. The number of hydrogen-bond acceptors (Lipinski definition) is 5. The molecule has 0 aromatic heterocycles. The minimum Gasteiger partial charge on any atom is -0.519 e. The van der Waals surface area contributed by atoms with Crippen molar-refractivity contribution in [2.24, 2.45) is 11.8 Å². The van der Waals surface area contributed by atoms with Gasteiger partial charge in [0.2, 0.25) is 0 Å². The molecular weight excluding hydrogens is 408 g/mol. The molecule has 31 heavy (non-hydrogen) atoms. The van der Waals surface area contributed by atoms with E-state index in [1.807, 2.05) is 18.2 Å². The molecule has 2 rings (SSSR count). The van der Waals surface area contributed by atoms with E-state index >= 15 is 0 Å². The Morgan fingerprint density at radius 2 is 1.65 bits per heavy atom. The largest absolute Gasteiger partial charge is 0.519 e. The van der Waals surface area contributed by atoms with E-state index in [-0.39, 0.29) is 29.3 Å². The average molecular weight is 451 g/mol. The Kier molecular flexibility index (Phi) is 9.31. The topological polar surface area (TPSA) is 87.0 Å². The summed E-state index contributed by atoms with van der Waals surface area (Å²) < 4.78 is 5.85. The number of carbonyl (C=O) groups is 1. The summed E-state index contributed by atoms with van der Waals surface area (Å²) in [4.78, 5) is 12.5. The lowest BCUT2D eigenvalue weighted by Crippen LogP contribution is -2.42. The maximum atomic E-state index is 12.5. The highest BCUT2D eigenvalue weighted by molar-refractivity contribution is 6.75. The summed E-state index contributed by atoms with van der Waals surface area (Å²) in [5, 5.41) is 31.3. The van der Waals surface area contributed by atoms with Gasteiger partial charge in [0, 0.05) is 6.42 Å². The fraction of sp³-hybridized carbons (Fsp3) is 0.720. The van der Waals surface area contributed by atoms with Gasteiger partial charge >= 0.3 is 0 Å². The fourth-order valence-corrected chi connectivity index (χ4v) is 5.24. The Morgan fingerprint density at radius 3 is 2.23 bits per heavy atom. The Bertz CT molecular complexity index is 685. The van der Waals surface area contributed by atoms with Gasteiger partial charge in [-0.3, -0.25) is 4.79 Å². The van der Waals surface area contributed by atoms with E-state index in [9.17, 15) is 20.1 Å². The van der Waals surface area contributed by atoms with Crippen molar-refractivity contribution in [2.45, 2.75) is 102 Å². The molecular formula is C25H42O5Si. The van der Waals surface area contributed by atoms with Gasteiger partial charge in [-0.2, -0.15) is 0 Å². The van der Waals surface area contributed by atoms with E-state index in [0.29, 0.717) is 32.1 Å². The van der Waals surface area contributed by atoms with Crippen LogP contribution >= 0.6 is 0 Å². The summed E-state index contributed by atoms with van der Waals surface area (Å²) in [7, 11) is -2.15. The van der Waals surface area contributed by atoms with Crippen molar-refractivity contribution in [2.75, 3.05) is 0 Å². The predicted molar refractivity (Wildman–Crippen MR) is 126 cm³/mol. The molecule has 1 aliphatic rings. The normalized spacial score (nSPS) is 25.4. The molecule has 1 aromatic rings. The first-order valence-corrected chi connectivity index (χ1v) is 14.6. The molecule has 0 amide bonds. The Labute approximate surface area is 189 Å². The molecule has 0 spiro atoms. The lowest BCUT2D eigenvalue weighted by molar-refractivity contribution is -0.136. The zero-order valence-electron chi connectivity index (χ0n) is 19.9. The molecule has 0 bridgehead atoms. The Morgan fingerprint density at radius 1 is 1.06 bits per heavy atom. The first-order valence-electron chi connectivity index (χ1n) is 11.7. The molecule has 1 saturated carbocycles. The van der Waals surface area contributed by atoms with Crippen LogP contribution in [0, 0.1) is 11.8 Å². The van der Waals surface area contributed by atoms with Crippen molar-refractivity contribution in [3.8, 4) is 0 Å². The molecule has 1 fully saturated rings. The maximum Gasteiger partial charge on any atom is 0.292 e. The third kappa shape index (κ3) is 7.70. The first-order chi connectivity index (χ1) is 14.4. The predicted octanol–water partition coefficient (Wildman–Crippen LogP) is 4.45. The zero-order valence-corrected chi connectivity index (χ0v) is 20.9. The van der Waals surface area contributed by atoms with Crippen molar-refractivity contribution in [1.82, 2.24) is 0 Å². The second-order valence-corrected chi connectivity index (χ2v) is 15.5. The molecule has 0 unspecified atom stereocenters. The van der Waals surface area contributed by atoms with Crippen molar-refractivity contribution in [1.29, 1.82) is 0 Å². The highest BCUT2D eigenvalue weighted by atomic mass is 28.4. The van der Waals surface area contributed by atoms with E-state index in [1.165, 1.54) is 5.56 Å². The van der Waals surface area contributed by atoms with E-state index in [1.54, 1.807) is 0 Å². The monoisotopic (exact) mass is 450 g/mol. The van der Waals surface area contributed by atoms with Gasteiger partial charge in [0.15, 0.2) is 0 Å². The second-order valence-electron chi connectivity index (χ2n) is 10.7. The van der Waals surface area contributed by atoms with Gasteiger partial charge in [0.25, 0.3) is 14.3 Å². The van der Waals surface area contributed by atoms with Crippen molar-refractivity contribution >= 4 is 14.3 Å². The number of hydrogen-bond donors (Lipinski definition) is 3. The van der Waals surface area contributed by atoms with Crippen LogP contribution in [-0.2, 0) is 15.6 Å². The van der Waals surface area contributed by atoms with Gasteiger partial charge in [-0.1, -0.05) is 51.1 Å². The van der Waals surface area contributed by atoms with Crippen LogP contribution in [0.3, 0.4) is 0 Å². The molecule has 0 aliphatic heterocycles. The number of aliphatic hydroxyl groups excluding tert-OH is 3. The molecule has 1 aliphatic carbocycles. The standard InChI is InChI=1S/C25H42O5Si/c1-25(2,3)31(4,5)30-24(29)16-15-21-20(22(27)17-23(21)28)14-13-19(26)12-11-18-9-7-6-8-10-18/h6-10,19-23,26-28H,11-17H2,1-5H3/t19-,20+,21+,22+,23-/m0/s1. The van der Waals surface area contributed by atoms with Gasteiger partial charge in [0.1, 0.15) is 0 Å². The van der Waals surface area contributed by atoms with Crippen LogP contribution in [0.25, 0.3) is 0 Å². The van der Waals surface area contributed by atoms with Gasteiger partial charge < -0.3 is 19.7 Å². The molecule has 0 saturated heterocycles. The van der Waals surface area contributed by atoms with Gasteiger partial charge in [-0.25, -0.2) is 0 Å². The highest BCUT2D eigenvalue weighted by Crippen LogP contribution is 2.40. The summed E-state index contributed by atoms with van der Waals surface area (Å²) in [6, 6.07) is 10.1. The molecule has 5 atom stereocenters. The van der Waals surface area contributed by atoms with E-state index < -0.39 is 26.6 Å². The number of benzene rings is 1. The highest BCUT2D eigenvalue weighted by Gasteiger charge is 2.43. The molecule has 1 aromatic carbocycles. The molecule has 176 valence electrons. The van der Waals surface area contributed by atoms with Crippen LogP contribution in [-0.4, -0.2) is 47.9 Å². The third-order valence-corrected chi connectivity index (χ3v) is 11.7. The summed E-state index contributed by atoms with van der Waals surface area (Å²) in [5.41, 5.74) is 1.20. The lowest BCUT2D eigenvalue weighted by atomic mass is 9.85. The molecule has 5 nitrogen and oxygen atoms in total. The van der Waals surface area contributed by atoms with Crippen LogP contribution in [0.15, 0.2) is 30.3 Å². The number of aliphatic hydroxyl groups is 3. The van der Waals surface area contributed by atoms with E-state index in [2.05, 4.69) is 46.0 Å². The minimum absolute atomic E-state index is 0.0375. The average Bonchev–Trinajstić information content (AvgIpc) is 2.95. The van der Waals surface area contributed by atoms with E-state index in [4.69, 9.17) is 4.43 Å². The summed E-state index contributed by atoms with van der Waals surface area (Å²) >= 11 is 0. The van der Waals surface area contributed by atoms with Crippen LogP contribution in [0.1, 0.15) is 64.9 Å². The molecule has 3 N–H and O–H groups in total. The van der Waals surface area contributed by atoms with Crippen LogP contribution < -0.4 is 0 Å². The number of rotatable bonds is 10. The molecule has 0 heterocycles. The fourth-order valence-electron chi connectivity index (χ4n) is 4.26. The SMILES string of the molecule is CC(C)(C)[Si](C)(C)OC(=O)CC[C@@H]1[C@@H](CC[C@@H](O)CCc2ccccc2)[C@H](O)C[C@@H]1O. The Balaban J connectivity index is 1.83. The van der Waals surface area contributed by atoms with Gasteiger partial charge in [0.05, 0.1) is 18.3 Å². The summed E-state index contributed by atoms with van der Waals surface area (Å²) in [6.07, 6.45) is 2.22. The van der Waals surface area contributed by atoms with Gasteiger partial charge in [-0.15, -0.1) is 0 Å². The minimum atomic E-state index is -2.15. The Hall–Kier alpha value is -1.21. The van der Waals surface area contributed by atoms with Crippen molar-refractivity contribution < 1.29 is 24.5 Å². The van der Waals surface area contributed by atoms with Crippen LogP contribution in [0.5, 0.6) is 0 Å².